The van der Waals surface area contributed by atoms with E-state index in [1.165, 1.54) is 0 Å². The number of rotatable bonds is 6. The van der Waals surface area contributed by atoms with Crippen molar-refractivity contribution in [2.45, 2.75) is 57.7 Å². The number of carbonyl (C=O) groups excluding carboxylic acids is 1. The molecule has 0 aromatic heterocycles. The van der Waals surface area contributed by atoms with E-state index in [1.54, 1.807) is 6.92 Å². The van der Waals surface area contributed by atoms with Crippen molar-refractivity contribution in [1.82, 2.24) is 0 Å². The average Bonchev–Trinajstić information content (AvgIpc) is 2.83. The Balaban J connectivity index is 2.68. The van der Waals surface area contributed by atoms with Crippen molar-refractivity contribution in [3.63, 3.8) is 0 Å². The molecule has 0 saturated heterocycles. The maximum Gasteiger partial charge on any atom is 0.404 e. The van der Waals surface area contributed by atoms with Gasteiger partial charge < -0.3 is 10.5 Å². The average molecular weight is 281 g/mol. The maximum atomic E-state index is 12.7. The van der Waals surface area contributed by atoms with Crippen LogP contribution in [0, 0.1) is 11.8 Å². The van der Waals surface area contributed by atoms with Crippen molar-refractivity contribution >= 4 is 5.97 Å². The molecule has 0 spiro atoms. The topological polar surface area (TPSA) is 52.3 Å². The van der Waals surface area contributed by atoms with E-state index in [2.05, 4.69) is 0 Å². The molecule has 0 unspecified atom stereocenters. The van der Waals surface area contributed by atoms with Gasteiger partial charge >= 0.3 is 12.1 Å². The number of hydrogen-bond donors (Lipinski definition) is 1. The van der Waals surface area contributed by atoms with Gasteiger partial charge in [-0.05, 0) is 18.8 Å². The van der Waals surface area contributed by atoms with Crippen molar-refractivity contribution in [2.24, 2.45) is 17.6 Å². The van der Waals surface area contributed by atoms with Crippen LogP contribution in [0.4, 0.5) is 13.2 Å². The summed E-state index contributed by atoms with van der Waals surface area (Å²) in [6, 6.07) is -2.13. The van der Waals surface area contributed by atoms with Crippen LogP contribution in [0.1, 0.15) is 45.4 Å². The van der Waals surface area contributed by atoms with Crippen molar-refractivity contribution < 1.29 is 22.7 Å². The molecule has 19 heavy (non-hydrogen) atoms. The van der Waals surface area contributed by atoms with Gasteiger partial charge in [-0.2, -0.15) is 13.2 Å². The molecule has 0 amide bonds. The molecule has 1 saturated carbocycles. The van der Waals surface area contributed by atoms with Gasteiger partial charge in [0.1, 0.15) is 6.04 Å². The van der Waals surface area contributed by atoms with Crippen LogP contribution in [0.5, 0.6) is 0 Å². The minimum atomic E-state index is -4.56. The highest BCUT2D eigenvalue weighted by Gasteiger charge is 2.46. The first kappa shape index (κ1) is 16.3. The highest BCUT2D eigenvalue weighted by atomic mass is 19.4. The number of nitrogens with two attached hydrogens (primary N) is 1. The van der Waals surface area contributed by atoms with Crippen LogP contribution < -0.4 is 5.73 Å². The number of hydrogen-bond acceptors (Lipinski definition) is 3. The molecule has 0 radical (unpaired) electrons. The van der Waals surface area contributed by atoms with E-state index >= 15 is 0 Å². The lowest BCUT2D eigenvalue weighted by Gasteiger charge is -2.26. The second-order valence-electron chi connectivity index (χ2n) is 5.23. The van der Waals surface area contributed by atoms with Crippen LogP contribution in [0.15, 0.2) is 0 Å². The Bertz CT molecular complexity index is 288. The maximum absolute atomic E-state index is 12.7. The zero-order valence-corrected chi connectivity index (χ0v) is 11.2. The van der Waals surface area contributed by atoms with Gasteiger partial charge in [0.2, 0.25) is 0 Å². The third kappa shape index (κ3) is 5.01. The first-order chi connectivity index (χ1) is 8.86. The van der Waals surface area contributed by atoms with Crippen LogP contribution >= 0.6 is 0 Å². The largest absolute Gasteiger partial charge is 0.465 e. The molecule has 0 aliphatic heterocycles. The predicted octanol–water partition coefficient (Wildman–Crippen LogP) is 3.03. The first-order valence-corrected chi connectivity index (χ1v) is 6.85. The molecule has 112 valence electrons. The Kier molecular flexibility index (Phi) is 6.10. The van der Waals surface area contributed by atoms with Gasteiger partial charge in [-0.25, -0.2) is 0 Å². The fourth-order valence-corrected chi connectivity index (χ4v) is 2.53. The smallest absolute Gasteiger partial charge is 0.404 e. The lowest BCUT2D eigenvalue weighted by molar-refractivity contribution is -0.177. The summed E-state index contributed by atoms with van der Waals surface area (Å²) < 4.78 is 43.0. The lowest BCUT2D eigenvalue weighted by atomic mass is 9.88. The van der Waals surface area contributed by atoms with E-state index < -0.39 is 24.1 Å². The minimum Gasteiger partial charge on any atom is -0.465 e. The molecule has 0 bridgehead atoms. The first-order valence-electron chi connectivity index (χ1n) is 6.85. The van der Waals surface area contributed by atoms with Crippen molar-refractivity contribution in [3.8, 4) is 0 Å². The van der Waals surface area contributed by atoms with E-state index in [0.717, 1.165) is 25.7 Å². The Hall–Kier alpha value is -0.780. The van der Waals surface area contributed by atoms with Crippen molar-refractivity contribution in [2.75, 3.05) is 6.61 Å². The van der Waals surface area contributed by atoms with Crippen LogP contribution in [0.2, 0.25) is 0 Å². The Morgan fingerprint density at radius 3 is 2.42 bits per heavy atom. The zero-order chi connectivity index (χ0) is 14.5. The monoisotopic (exact) mass is 281 g/mol. The molecule has 1 aliphatic rings. The van der Waals surface area contributed by atoms with Crippen molar-refractivity contribution in [1.29, 1.82) is 0 Å². The summed E-state index contributed by atoms with van der Waals surface area (Å²) in [5.41, 5.74) is 5.22. The Labute approximate surface area is 111 Å². The fraction of sp³-hybridized carbons (Fsp3) is 0.923. The third-order valence-corrected chi connectivity index (χ3v) is 3.62. The van der Waals surface area contributed by atoms with E-state index in [0.29, 0.717) is 6.42 Å². The van der Waals surface area contributed by atoms with Crippen LogP contribution in [0.3, 0.4) is 0 Å². The number of carbonyl (C=O) groups is 1. The molecular formula is C13H22F3NO2. The molecule has 2 atom stereocenters. The van der Waals surface area contributed by atoms with Gasteiger partial charge in [0.05, 0.1) is 12.5 Å². The summed E-state index contributed by atoms with van der Waals surface area (Å²) >= 11 is 0. The predicted molar refractivity (Wildman–Crippen MR) is 65.3 cm³/mol. The SMILES string of the molecule is CCCOC(=O)[C@H](CC1CCCC1)[C@@H](N)C(F)(F)F. The number of esters is 1. The summed E-state index contributed by atoms with van der Waals surface area (Å²) in [6.45, 7) is 1.94. The van der Waals surface area contributed by atoms with Gasteiger partial charge in [-0.1, -0.05) is 32.6 Å². The van der Waals surface area contributed by atoms with Crippen molar-refractivity contribution in [3.05, 3.63) is 0 Å². The van der Waals surface area contributed by atoms with Crippen LogP contribution in [0.25, 0.3) is 0 Å². The molecule has 6 heteroatoms. The third-order valence-electron chi connectivity index (χ3n) is 3.62. The van der Waals surface area contributed by atoms with E-state index in [-0.39, 0.29) is 18.9 Å². The summed E-state index contributed by atoms with van der Waals surface area (Å²) in [4.78, 5) is 11.8. The minimum absolute atomic E-state index is 0.143. The second kappa shape index (κ2) is 7.12. The molecule has 0 heterocycles. The summed E-state index contributed by atoms with van der Waals surface area (Å²) in [5.74, 6) is -1.92. The highest BCUT2D eigenvalue weighted by Crippen LogP contribution is 2.35. The molecule has 2 N–H and O–H groups in total. The van der Waals surface area contributed by atoms with Crippen LogP contribution in [-0.4, -0.2) is 24.8 Å². The number of halogens is 3. The van der Waals surface area contributed by atoms with Crippen LogP contribution in [-0.2, 0) is 9.53 Å². The molecule has 1 fully saturated rings. The highest BCUT2D eigenvalue weighted by molar-refractivity contribution is 5.73. The summed E-state index contributed by atoms with van der Waals surface area (Å²) in [5, 5.41) is 0. The molecule has 1 aliphatic carbocycles. The lowest BCUT2D eigenvalue weighted by Crippen LogP contribution is -2.48. The van der Waals surface area contributed by atoms with Gasteiger partial charge in [-0.15, -0.1) is 0 Å². The van der Waals surface area contributed by atoms with E-state index in [1.807, 2.05) is 0 Å². The summed E-state index contributed by atoms with van der Waals surface area (Å²) in [7, 11) is 0. The zero-order valence-electron chi connectivity index (χ0n) is 11.2. The second-order valence-corrected chi connectivity index (χ2v) is 5.23. The summed E-state index contributed by atoms with van der Waals surface area (Å²) in [6.07, 6.45) is -0.00353. The Morgan fingerprint density at radius 1 is 1.37 bits per heavy atom. The quantitative estimate of drug-likeness (QED) is 0.761. The molecule has 0 aromatic carbocycles. The van der Waals surface area contributed by atoms with Gasteiger partial charge in [0, 0.05) is 0 Å². The van der Waals surface area contributed by atoms with Gasteiger partial charge in [0.25, 0.3) is 0 Å². The van der Waals surface area contributed by atoms with E-state index in [4.69, 9.17) is 10.5 Å². The molecule has 1 rings (SSSR count). The molecule has 3 nitrogen and oxygen atoms in total. The molecule has 0 aromatic rings. The van der Waals surface area contributed by atoms with Gasteiger partial charge in [0.15, 0.2) is 0 Å². The van der Waals surface area contributed by atoms with Gasteiger partial charge in [-0.3, -0.25) is 4.79 Å². The fourth-order valence-electron chi connectivity index (χ4n) is 2.53. The normalized spacial score (nSPS) is 20.3. The molecular weight excluding hydrogens is 259 g/mol. The Morgan fingerprint density at radius 2 is 1.95 bits per heavy atom. The number of ether oxygens (including phenoxy) is 1. The number of alkyl halides is 3. The standard InChI is InChI=1S/C13H22F3NO2/c1-2-7-19-12(18)10(11(17)13(14,15)16)8-9-5-3-4-6-9/h9-11H,2-8,17H2,1H3/t10-,11-/m1/s1. The van der Waals surface area contributed by atoms with E-state index in [9.17, 15) is 18.0 Å².